The van der Waals surface area contributed by atoms with Gasteiger partial charge in [-0.2, -0.15) is 0 Å². The van der Waals surface area contributed by atoms with Crippen molar-refractivity contribution in [1.29, 1.82) is 0 Å². The van der Waals surface area contributed by atoms with Crippen LogP contribution >= 0.6 is 0 Å². The summed E-state index contributed by atoms with van der Waals surface area (Å²) in [7, 11) is 0. The molecule has 7 unspecified atom stereocenters. The summed E-state index contributed by atoms with van der Waals surface area (Å²) in [6.45, 7) is 8.92. The Balaban J connectivity index is 1.95. The quantitative estimate of drug-likeness (QED) is 0.414. The summed E-state index contributed by atoms with van der Waals surface area (Å²) in [5.74, 6) is -2.93. The van der Waals surface area contributed by atoms with Crippen LogP contribution in [0.1, 0.15) is 46.5 Å². The van der Waals surface area contributed by atoms with Crippen molar-refractivity contribution >= 4 is 17.7 Å². The van der Waals surface area contributed by atoms with Crippen molar-refractivity contribution in [3.63, 3.8) is 0 Å². The second-order valence-electron chi connectivity index (χ2n) is 10.1. The Bertz CT molecular complexity index is 786. The lowest BCUT2D eigenvalue weighted by Gasteiger charge is -2.64. The van der Waals surface area contributed by atoms with Crippen molar-refractivity contribution in [2.45, 2.75) is 58.7 Å². The number of carbonyl (C=O) groups is 3. The van der Waals surface area contributed by atoms with Crippen LogP contribution in [0.2, 0.25) is 0 Å². The number of aliphatic hydroxyl groups excluding tert-OH is 2. The van der Waals surface area contributed by atoms with E-state index in [1.165, 1.54) is 6.92 Å². The summed E-state index contributed by atoms with van der Waals surface area (Å²) in [6.07, 6.45) is 0.232. The minimum atomic E-state index is -1.52. The molecule has 29 heavy (non-hydrogen) atoms. The SMILES string of the molecule is C=C1C(=O)C23CC1CC(O)C2C1(COC(C)=O)C(CCC(C)(C)C1CO)OC3=O. The minimum Gasteiger partial charge on any atom is -0.465 e. The van der Waals surface area contributed by atoms with Crippen LogP contribution in [0.4, 0.5) is 0 Å². The van der Waals surface area contributed by atoms with Crippen LogP contribution in [0.25, 0.3) is 0 Å². The van der Waals surface area contributed by atoms with E-state index in [4.69, 9.17) is 9.47 Å². The van der Waals surface area contributed by atoms with Crippen LogP contribution in [0, 0.1) is 34.0 Å². The highest BCUT2D eigenvalue weighted by Gasteiger charge is 2.77. The zero-order valence-corrected chi connectivity index (χ0v) is 17.3. The lowest BCUT2D eigenvalue weighted by atomic mass is 9.43. The number of esters is 2. The third-order valence-corrected chi connectivity index (χ3v) is 8.34. The molecular weight excluding hydrogens is 376 g/mol. The molecule has 1 spiro atoms. The van der Waals surface area contributed by atoms with Gasteiger partial charge < -0.3 is 19.7 Å². The summed E-state index contributed by atoms with van der Waals surface area (Å²) in [5.41, 5.74) is -2.55. The number of hydrogen-bond acceptors (Lipinski definition) is 7. The van der Waals surface area contributed by atoms with Gasteiger partial charge in [0.05, 0.1) is 11.5 Å². The Morgan fingerprint density at radius 2 is 2.03 bits per heavy atom. The van der Waals surface area contributed by atoms with E-state index in [-0.39, 0.29) is 36.8 Å². The van der Waals surface area contributed by atoms with E-state index in [9.17, 15) is 24.6 Å². The lowest BCUT2D eigenvalue weighted by Crippen LogP contribution is -2.72. The summed E-state index contributed by atoms with van der Waals surface area (Å²) in [4.78, 5) is 38.3. The topological polar surface area (TPSA) is 110 Å². The molecule has 160 valence electrons. The maximum Gasteiger partial charge on any atom is 0.320 e. The molecule has 7 heteroatoms. The van der Waals surface area contributed by atoms with Crippen LogP contribution in [-0.4, -0.2) is 53.4 Å². The standard InChI is InChI=1S/C22H30O7/c1-11-13-7-14(25)17-21(8-13,18(11)26)19(27)29-16-5-6-20(3,4)15(9-23)22(16,17)10-28-12(2)24/h13-17,23,25H,1,5-10H2,2-4H3. The number of ketones is 1. The van der Waals surface area contributed by atoms with Gasteiger partial charge in [-0.25, -0.2) is 0 Å². The number of aliphatic hydroxyl groups is 2. The molecule has 0 radical (unpaired) electrons. The molecule has 0 amide bonds. The predicted octanol–water partition coefficient (Wildman–Crippen LogP) is 1.40. The Morgan fingerprint density at radius 3 is 2.66 bits per heavy atom. The van der Waals surface area contributed by atoms with Crippen LogP contribution in [-0.2, 0) is 23.9 Å². The number of hydrogen-bond donors (Lipinski definition) is 2. The Kier molecular flexibility index (Phi) is 4.52. The first-order chi connectivity index (χ1) is 13.5. The molecule has 3 saturated carbocycles. The maximum absolute atomic E-state index is 13.3. The number of ether oxygens (including phenoxy) is 2. The number of fused-ring (bicyclic) bond motifs is 3. The number of allylic oxidation sites excluding steroid dienone is 1. The molecule has 1 aliphatic heterocycles. The van der Waals surface area contributed by atoms with Crippen molar-refractivity contribution in [3.05, 3.63) is 12.2 Å². The van der Waals surface area contributed by atoms with Gasteiger partial charge in [0.2, 0.25) is 0 Å². The van der Waals surface area contributed by atoms with Gasteiger partial charge in [0.1, 0.15) is 18.1 Å². The highest BCUT2D eigenvalue weighted by molar-refractivity contribution is 6.15. The van der Waals surface area contributed by atoms with Gasteiger partial charge in [0.15, 0.2) is 5.78 Å². The first-order valence-electron chi connectivity index (χ1n) is 10.4. The molecule has 0 aromatic heterocycles. The monoisotopic (exact) mass is 406 g/mol. The maximum atomic E-state index is 13.3. The van der Waals surface area contributed by atoms with Crippen molar-refractivity contribution in [2.24, 2.45) is 34.0 Å². The Morgan fingerprint density at radius 1 is 1.34 bits per heavy atom. The minimum absolute atomic E-state index is 0.108. The van der Waals surface area contributed by atoms with E-state index in [1.807, 2.05) is 13.8 Å². The first kappa shape index (κ1) is 20.5. The number of rotatable bonds is 3. The van der Waals surface area contributed by atoms with Crippen LogP contribution in [0.3, 0.4) is 0 Å². The average molecular weight is 406 g/mol. The molecule has 0 aromatic carbocycles. The fraction of sp³-hybridized carbons (Fsp3) is 0.773. The molecule has 4 fully saturated rings. The summed E-state index contributed by atoms with van der Waals surface area (Å²) >= 11 is 0. The molecule has 4 aliphatic rings. The highest BCUT2D eigenvalue weighted by atomic mass is 16.6. The van der Waals surface area contributed by atoms with Gasteiger partial charge in [-0.15, -0.1) is 0 Å². The summed E-state index contributed by atoms with van der Waals surface area (Å²) in [6, 6.07) is 0. The smallest absolute Gasteiger partial charge is 0.320 e. The normalized spacial score (nSPS) is 45.3. The summed E-state index contributed by atoms with van der Waals surface area (Å²) in [5, 5.41) is 21.7. The fourth-order valence-corrected chi connectivity index (χ4v) is 7.09. The molecular formula is C22H30O7. The Labute approximate surface area is 170 Å². The van der Waals surface area contributed by atoms with Crippen molar-refractivity contribution < 1.29 is 34.1 Å². The van der Waals surface area contributed by atoms with Crippen LogP contribution < -0.4 is 0 Å². The average Bonchev–Trinajstić information content (AvgIpc) is 2.83. The zero-order valence-electron chi connectivity index (χ0n) is 17.3. The largest absolute Gasteiger partial charge is 0.465 e. The van der Waals surface area contributed by atoms with Crippen molar-refractivity contribution in [2.75, 3.05) is 13.2 Å². The third kappa shape index (κ3) is 2.46. The summed E-state index contributed by atoms with van der Waals surface area (Å²) < 4.78 is 11.4. The predicted molar refractivity (Wildman–Crippen MR) is 101 cm³/mol. The molecule has 4 rings (SSSR count). The number of carbonyl (C=O) groups excluding carboxylic acids is 3. The highest BCUT2D eigenvalue weighted by Crippen LogP contribution is 2.68. The zero-order chi connectivity index (χ0) is 21.4. The van der Waals surface area contributed by atoms with Crippen LogP contribution in [0.15, 0.2) is 12.2 Å². The third-order valence-electron chi connectivity index (χ3n) is 8.34. The van der Waals surface area contributed by atoms with E-state index >= 15 is 0 Å². The van der Waals surface area contributed by atoms with Crippen LogP contribution in [0.5, 0.6) is 0 Å². The van der Waals surface area contributed by atoms with E-state index in [1.54, 1.807) is 0 Å². The molecule has 2 N–H and O–H groups in total. The molecule has 2 bridgehead atoms. The van der Waals surface area contributed by atoms with Gasteiger partial charge in [0, 0.05) is 19.4 Å². The molecule has 7 nitrogen and oxygen atoms in total. The lowest BCUT2D eigenvalue weighted by molar-refractivity contribution is -0.270. The molecule has 7 atom stereocenters. The second-order valence-corrected chi connectivity index (χ2v) is 10.1. The molecule has 1 heterocycles. The van der Waals surface area contributed by atoms with E-state index in [0.717, 1.165) is 0 Å². The Hall–Kier alpha value is -1.73. The second kappa shape index (κ2) is 6.38. The molecule has 0 aromatic rings. The van der Waals surface area contributed by atoms with E-state index < -0.39 is 46.8 Å². The van der Waals surface area contributed by atoms with E-state index in [2.05, 4.69) is 6.58 Å². The van der Waals surface area contributed by atoms with Gasteiger partial charge >= 0.3 is 11.9 Å². The van der Waals surface area contributed by atoms with Gasteiger partial charge in [-0.1, -0.05) is 20.4 Å². The van der Waals surface area contributed by atoms with Crippen molar-refractivity contribution in [3.8, 4) is 0 Å². The van der Waals surface area contributed by atoms with Gasteiger partial charge in [-0.3, -0.25) is 14.4 Å². The number of Topliss-reactive ketones (excluding diaryl/α,β-unsaturated/α-hetero) is 1. The van der Waals surface area contributed by atoms with Gasteiger partial charge in [-0.05, 0) is 48.5 Å². The first-order valence-corrected chi connectivity index (χ1v) is 10.4. The van der Waals surface area contributed by atoms with Gasteiger partial charge in [0.25, 0.3) is 0 Å². The van der Waals surface area contributed by atoms with E-state index in [0.29, 0.717) is 24.8 Å². The fourth-order valence-electron chi connectivity index (χ4n) is 7.09. The molecule has 1 saturated heterocycles. The van der Waals surface area contributed by atoms with Crippen molar-refractivity contribution in [1.82, 2.24) is 0 Å². The molecule has 3 aliphatic carbocycles.